The Bertz CT molecular complexity index is 1080. The predicted octanol–water partition coefficient (Wildman–Crippen LogP) is 3.25. The number of carboxylic acids is 1. The lowest BCUT2D eigenvalue weighted by Gasteiger charge is -2.26. The van der Waals surface area contributed by atoms with E-state index in [-0.39, 0.29) is 12.5 Å². The molecule has 1 atom stereocenters. The molecule has 0 heterocycles. The number of ether oxygens (including phenoxy) is 1. The molecule has 0 saturated carbocycles. The summed E-state index contributed by atoms with van der Waals surface area (Å²) in [4.78, 5) is 35.8. The van der Waals surface area contributed by atoms with Gasteiger partial charge in [-0.05, 0) is 22.3 Å². The van der Waals surface area contributed by atoms with Crippen LogP contribution >= 0.6 is 0 Å². The lowest BCUT2D eigenvalue weighted by atomic mass is 9.98. The molecule has 0 aromatic heterocycles. The highest BCUT2D eigenvalue weighted by atomic mass is 19.4. The highest BCUT2D eigenvalue weighted by molar-refractivity contribution is 5.84. The van der Waals surface area contributed by atoms with Crippen molar-refractivity contribution in [3.63, 3.8) is 0 Å². The van der Waals surface area contributed by atoms with Gasteiger partial charge in [0.15, 0.2) is 5.92 Å². The zero-order chi connectivity index (χ0) is 24.9. The second-order valence-corrected chi connectivity index (χ2v) is 7.59. The summed E-state index contributed by atoms with van der Waals surface area (Å²) in [5.41, 5.74) is 3.83. The average molecular weight is 474 g/mol. The van der Waals surface area contributed by atoms with Crippen molar-refractivity contribution < 1.29 is 37.4 Å². The number of nitrogens with zero attached hydrogens (tertiary/aromatic N) is 1. The summed E-state index contributed by atoms with van der Waals surface area (Å²) in [5.74, 6) is -4.08. The lowest BCUT2D eigenvalue weighted by molar-refractivity contribution is -0.188. The minimum Gasteiger partial charge on any atom is -0.480 e. The fourth-order valence-corrected chi connectivity index (χ4v) is 3.88. The van der Waals surface area contributed by atoms with E-state index in [0.29, 0.717) is 4.90 Å². The molecule has 178 valence electrons. The van der Waals surface area contributed by atoms with Crippen LogP contribution in [0.3, 0.4) is 0 Å². The molecule has 2 N–H and O–H groups in total. The van der Waals surface area contributed by atoms with Crippen LogP contribution in [0.4, 0.5) is 18.0 Å². The normalized spacial score (nSPS) is 13.2. The number of nitrogens with one attached hydrogen (secondary N) is 1. The van der Waals surface area contributed by atoms with Crippen LogP contribution in [0.2, 0.25) is 0 Å². The number of carboxylic acid groups (broad SMARTS) is 1. The van der Waals surface area contributed by atoms with Gasteiger partial charge in [-0.3, -0.25) is 9.59 Å². The number of halogens is 3. The van der Waals surface area contributed by atoms with E-state index in [1.807, 2.05) is 59.8 Å². The molecule has 1 aliphatic rings. The van der Waals surface area contributed by atoms with E-state index in [2.05, 4.69) is 0 Å². The van der Waals surface area contributed by atoms with Crippen molar-refractivity contribution in [1.82, 2.24) is 10.2 Å². The van der Waals surface area contributed by atoms with E-state index in [1.165, 1.54) is 0 Å². The molecular weight excluding hydrogens is 453 g/mol. The SMILES string of the molecule is C#CCN(CC(=O)O)C(=O)C(CNC(=O)OCC1c2ccccc2-c2ccccc21)C(F)(F)F. The molecule has 2 amide bonds. The van der Waals surface area contributed by atoms with Gasteiger partial charge in [0.1, 0.15) is 13.2 Å². The van der Waals surface area contributed by atoms with Crippen molar-refractivity contribution in [2.75, 3.05) is 26.2 Å². The molecule has 2 aromatic rings. The molecule has 1 unspecified atom stereocenters. The van der Waals surface area contributed by atoms with Crippen molar-refractivity contribution in [2.45, 2.75) is 12.1 Å². The summed E-state index contributed by atoms with van der Waals surface area (Å²) in [5, 5.41) is 10.8. The molecule has 3 rings (SSSR count). The van der Waals surface area contributed by atoms with Crippen LogP contribution in [-0.4, -0.2) is 60.4 Å². The van der Waals surface area contributed by atoms with Crippen molar-refractivity contribution in [3.8, 4) is 23.5 Å². The van der Waals surface area contributed by atoms with Gasteiger partial charge in [-0.15, -0.1) is 6.42 Å². The van der Waals surface area contributed by atoms with Gasteiger partial charge in [0.25, 0.3) is 0 Å². The fourth-order valence-electron chi connectivity index (χ4n) is 3.88. The van der Waals surface area contributed by atoms with Gasteiger partial charge in [-0.1, -0.05) is 54.5 Å². The number of terminal acetylenes is 1. The van der Waals surface area contributed by atoms with Crippen LogP contribution in [-0.2, 0) is 14.3 Å². The Labute approximate surface area is 193 Å². The highest BCUT2D eigenvalue weighted by Crippen LogP contribution is 2.44. The number of carbonyl (C=O) groups excluding carboxylic acids is 2. The number of alkyl halides is 3. The topological polar surface area (TPSA) is 95.9 Å². The molecular formula is C24H21F3N2O5. The Kier molecular flexibility index (Phi) is 7.46. The van der Waals surface area contributed by atoms with Crippen LogP contribution in [0.15, 0.2) is 48.5 Å². The second-order valence-electron chi connectivity index (χ2n) is 7.59. The second kappa shape index (κ2) is 10.3. The maximum Gasteiger partial charge on any atom is 0.407 e. The van der Waals surface area contributed by atoms with Crippen LogP contribution in [0.1, 0.15) is 17.0 Å². The number of carbonyl (C=O) groups is 3. The summed E-state index contributed by atoms with van der Waals surface area (Å²) in [6.45, 7) is -2.87. The van der Waals surface area contributed by atoms with Crippen LogP contribution in [0, 0.1) is 18.3 Å². The van der Waals surface area contributed by atoms with E-state index in [1.54, 1.807) is 0 Å². The van der Waals surface area contributed by atoms with Gasteiger partial charge in [-0.25, -0.2) is 4.79 Å². The molecule has 10 heteroatoms. The minimum atomic E-state index is -5.04. The molecule has 2 aromatic carbocycles. The summed E-state index contributed by atoms with van der Waals surface area (Å²) in [7, 11) is 0. The first-order valence-corrected chi connectivity index (χ1v) is 10.2. The number of hydrogen-bond acceptors (Lipinski definition) is 4. The molecule has 0 bridgehead atoms. The van der Waals surface area contributed by atoms with Crippen molar-refractivity contribution >= 4 is 18.0 Å². The first kappa shape index (κ1) is 24.6. The van der Waals surface area contributed by atoms with E-state index >= 15 is 0 Å². The smallest absolute Gasteiger partial charge is 0.407 e. The van der Waals surface area contributed by atoms with E-state index in [4.69, 9.17) is 16.3 Å². The molecule has 7 nitrogen and oxygen atoms in total. The highest BCUT2D eigenvalue weighted by Gasteiger charge is 2.47. The zero-order valence-corrected chi connectivity index (χ0v) is 17.8. The average Bonchev–Trinajstić information content (AvgIpc) is 3.10. The monoisotopic (exact) mass is 474 g/mol. The Morgan fingerprint density at radius 1 is 1.09 bits per heavy atom. The number of hydrogen-bond donors (Lipinski definition) is 2. The van der Waals surface area contributed by atoms with Crippen molar-refractivity contribution in [1.29, 1.82) is 0 Å². The Balaban J connectivity index is 1.65. The number of benzene rings is 2. The molecule has 34 heavy (non-hydrogen) atoms. The summed E-state index contributed by atoms with van der Waals surface area (Å²) >= 11 is 0. The molecule has 0 saturated heterocycles. The molecule has 0 radical (unpaired) electrons. The van der Waals surface area contributed by atoms with E-state index < -0.39 is 49.7 Å². The maximum atomic E-state index is 13.5. The molecule has 0 fully saturated rings. The number of rotatable bonds is 8. The fraction of sp³-hybridized carbons (Fsp3) is 0.292. The number of fused-ring (bicyclic) bond motifs is 3. The van der Waals surface area contributed by atoms with Crippen molar-refractivity contribution in [2.24, 2.45) is 5.92 Å². The molecule has 1 aliphatic carbocycles. The predicted molar refractivity (Wildman–Crippen MR) is 116 cm³/mol. The maximum absolute atomic E-state index is 13.5. The first-order chi connectivity index (χ1) is 16.1. The van der Waals surface area contributed by atoms with Crippen LogP contribution < -0.4 is 5.32 Å². The molecule has 0 spiro atoms. The Morgan fingerprint density at radius 3 is 2.15 bits per heavy atom. The van der Waals surface area contributed by atoms with Crippen LogP contribution in [0.5, 0.6) is 0 Å². The van der Waals surface area contributed by atoms with Crippen molar-refractivity contribution in [3.05, 3.63) is 59.7 Å². The van der Waals surface area contributed by atoms with Gasteiger partial charge >= 0.3 is 18.2 Å². The number of alkyl carbamates (subject to hydrolysis) is 1. The Morgan fingerprint density at radius 2 is 1.65 bits per heavy atom. The van der Waals surface area contributed by atoms with E-state index in [9.17, 15) is 27.6 Å². The third kappa shape index (κ3) is 5.49. The first-order valence-electron chi connectivity index (χ1n) is 10.2. The zero-order valence-electron chi connectivity index (χ0n) is 17.8. The quantitative estimate of drug-likeness (QED) is 0.573. The van der Waals surface area contributed by atoms with E-state index in [0.717, 1.165) is 22.3 Å². The standard InChI is InChI=1S/C24H21F3N2O5/c1-2-11-29(13-21(30)31)22(32)20(24(25,26)27)12-28-23(33)34-14-19-17-9-5-3-7-15(17)16-8-4-6-10-18(16)19/h1,3-10,19-20H,11-14H2,(H,28,33)(H,30,31). The third-order valence-electron chi connectivity index (χ3n) is 5.41. The number of aliphatic carboxylic acids is 1. The largest absolute Gasteiger partial charge is 0.480 e. The van der Waals surface area contributed by atoms with Crippen LogP contribution in [0.25, 0.3) is 11.1 Å². The Hall–Kier alpha value is -4.00. The van der Waals surface area contributed by atoms with Gasteiger partial charge < -0.3 is 20.1 Å². The van der Waals surface area contributed by atoms with Gasteiger partial charge in [0.05, 0.1) is 6.54 Å². The lowest BCUT2D eigenvalue weighted by Crippen LogP contribution is -2.49. The number of amides is 2. The van der Waals surface area contributed by atoms with Gasteiger partial charge in [0, 0.05) is 12.5 Å². The summed E-state index contributed by atoms with van der Waals surface area (Å²) in [6, 6.07) is 15.1. The summed E-state index contributed by atoms with van der Waals surface area (Å²) < 4.78 is 45.6. The minimum absolute atomic E-state index is 0.118. The van der Waals surface area contributed by atoms with Gasteiger partial charge in [0.2, 0.25) is 5.91 Å². The molecule has 0 aliphatic heterocycles. The third-order valence-corrected chi connectivity index (χ3v) is 5.41. The summed E-state index contributed by atoms with van der Waals surface area (Å²) in [6.07, 6.45) is -1.14. The van der Waals surface area contributed by atoms with Gasteiger partial charge in [-0.2, -0.15) is 13.2 Å².